The van der Waals surface area contributed by atoms with E-state index in [1.807, 2.05) is 12.1 Å². The summed E-state index contributed by atoms with van der Waals surface area (Å²) >= 11 is 0. The van der Waals surface area contributed by atoms with Crippen molar-refractivity contribution in [3.05, 3.63) is 36.2 Å². The molecule has 0 aliphatic carbocycles. The fraction of sp³-hybridized carbons (Fsp3) is 0.591. The third-order valence-electron chi connectivity index (χ3n) is 5.11. The molecule has 0 bridgehead atoms. The molecule has 1 aromatic rings. The number of benzene rings is 1. The molecule has 161 valence electrons. The highest BCUT2D eigenvalue weighted by molar-refractivity contribution is 5.86. The second-order valence-electron chi connectivity index (χ2n) is 8.12. The highest BCUT2D eigenvalue weighted by atomic mass is 16.5. The van der Waals surface area contributed by atoms with Crippen molar-refractivity contribution in [3.8, 4) is 5.75 Å². The van der Waals surface area contributed by atoms with Crippen LogP contribution in [0.3, 0.4) is 0 Å². The normalized spacial score (nSPS) is 18.0. The zero-order valence-corrected chi connectivity index (χ0v) is 17.9. The number of hydrogen-bond acceptors (Lipinski definition) is 5. The maximum absolute atomic E-state index is 12.0. The van der Waals surface area contributed by atoms with E-state index in [9.17, 15) is 9.59 Å². The minimum absolute atomic E-state index is 0.124. The number of rotatable bonds is 12. The first-order valence-electron chi connectivity index (χ1n) is 10.4. The molecule has 0 aromatic heterocycles. The highest BCUT2D eigenvalue weighted by Gasteiger charge is 2.24. The number of carbonyl (C=O) groups excluding carboxylic acids is 2. The molecular formula is C22H35N4O3. The van der Waals surface area contributed by atoms with Crippen LogP contribution in [-0.2, 0) is 16.1 Å². The van der Waals surface area contributed by atoms with E-state index in [2.05, 4.69) is 41.3 Å². The van der Waals surface area contributed by atoms with Gasteiger partial charge in [-0.15, -0.1) is 0 Å². The summed E-state index contributed by atoms with van der Waals surface area (Å²) in [6, 6.07) is 8.39. The van der Waals surface area contributed by atoms with Gasteiger partial charge in [-0.25, -0.2) is 0 Å². The van der Waals surface area contributed by atoms with Crippen molar-refractivity contribution >= 4 is 11.8 Å². The Kier molecular flexibility index (Phi) is 9.41. The average Bonchev–Trinajstić information content (AvgIpc) is 3.11. The van der Waals surface area contributed by atoms with Crippen molar-refractivity contribution in [2.75, 3.05) is 40.3 Å². The summed E-state index contributed by atoms with van der Waals surface area (Å²) in [4.78, 5) is 27.5. The van der Waals surface area contributed by atoms with Crippen molar-refractivity contribution in [2.24, 2.45) is 11.7 Å². The lowest BCUT2D eigenvalue weighted by Crippen LogP contribution is -2.37. The van der Waals surface area contributed by atoms with Gasteiger partial charge in [0.25, 0.3) is 0 Å². The Balaban J connectivity index is 1.67. The van der Waals surface area contributed by atoms with Crippen LogP contribution in [0.15, 0.2) is 24.3 Å². The van der Waals surface area contributed by atoms with Gasteiger partial charge in [0, 0.05) is 38.1 Å². The van der Waals surface area contributed by atoms with E-state index in [1.54, 1.807) is 6.92 Å². The maximum Gasteiger partial charge on any atom is 0.224 e. The molecule has 1 saturated heterocycles. The van der Waals surface area contributed by atoms with Crippen LogP contribution in [0, 0.1) is 12.3 Å². The Labute approximate surface area is 174 Å². The van der Waals surface area contributed by atoms with Crippen LogP contribution in [0.1, 0.15) is 31.7 Å². The Morgan fingerprint density at radius 1 is 1.34 bits per heavy atom. The van der Waals surface area contributed by atoms with Crippen LogP contribution in [0.5, 0.6) is 5.75 Å². The first kappa shape index (κ1) is 23.2. The van der Waals surface area contributed by atoms with Gasteiger partial charge >= 0.3 is 0 Å². The SMILES string of the molecule is C[C@@H](C[CH]C(=O)N[C@H]1CCN(Cc2ccc(OCCCN(C)C)cc2)C1)C(N)=O. The Morgan fingerprint density at radius 2 is 2.07 bits per heavy atom. The third kappa shape index (κ3) is 8.83. The van der Waals surface area contributed by atoms with Gasteiger partial charge in [0.1, 0.15) is 5.75 Å². The summed E-state index contributed by atoms with van der Waals surface area (Å²) in [6.45, 7) is 6.10. The van der Waals surface area contributed by atoms with Crippen molar-refractivity contribution in [1.29, 1.82) is 0 Å². The first-order valence-corrected chi connectivity index (χ1v) is 10.4. The quantitative estimate of drug-likeness (QED) is 0.516. The summed E-state index contributed by atoms with van der Waals surface area (Å²) < 4.78 is 5.78. The molecule has 29 heavy (non-hydrogen) atoms. The summed E-state index contributed by atoms with van der Waals surface area (Å²) in [5.74, 6) is 0.0762. The van der Waals surface area contributed by atoms with Crippen molar-refractivity contribution < 1.29 is 14.3 Å². The van der Waals surface area contributed by atoms with E-state index >= 15 is 0 Å². The molecule has 7 heteroatoms. The first-order chi connectivity index (χ1) is 13.8. The van der Waals surface area contributed by atoms with E-state index in [0.717, 1.165) is 51.4 Å². The summed E-state index contributed by atoms with van der Waals surface area (Å²) in [5.41, 5.74) is 6.46. The molecule has 0 unspecified atom stereocenters. The molecule has 1 aliphatic rings. The number of hydrogen-bond donors (Lipinski definition) is 2. The standard InChI is InChI=1S/C22H35N4O3/c1-17(22(23)28)5-10-21(27)24-19-11-13-26(16-19)15-18-6-8-20(9-7-18)29-14-4-12-25(2)3/h6-10,17,19H,4-5,11-16H2,1-3H3,(H2,23,28)(H,24,27)/t17-,19-/m0/s1. The zero-order valence-electron chi connectivity index (χ0n) is 17.9. The lowest BCUT2D eigenvalue weighted by atomic mass is 10.0. The van der Waals surface area contributed by atoms with Gasteiger partial charge in [-0.05, 0) is 51.1 Å². The molecule has 1 heterocycles. The molecule has 2 atom stereocenters. The number of nitrogens with zero attached hydrogens (tertiary/aromatic N) is 2. The van der Waals surface area contributed by atoms with E-state index in [4.69, 9.17) is 10.5 Å². The average molecular weight is 404 g/mol. The largest absolute Gasteiger partial charge is 0.494 e. The fourth-order valence-corrected chi connectivity index (χ4v) is 3.27. The summed E-state index contributed by atoms with van der Waals surface area (Å²) in [6.07, 6.45) is 3.84. The minimum atomic E-state index is -0.383. The molecule has 0 saturated carbocycles. The molecule has 2 rings (SSSR count). The van der Waals surface area contributed by atoms with Crippen LogP contribution in [-0.4, -0.2) is 68.0 Å². The van der Waals surface area contributed by atoms with Gasteiger partial charge in [0.05, 0.1) is 13.0 Å². The monoisotopic (exact) mass is 403 g/mol. The van der Waals surface area contributed by atoms with Gasteiger partial charge in [0.15, 0.2) is 0 Å². The van der Waals surface area contributed by atoms with Crippen LogP contribution >= 0.6 is 0 Å². The van der Waals surface area contributed by atoms with Crippen molar-refractivity contribution in [1.82, 2.24) is 15.1 Å². The van der Waals surface area contributed by atoms with E-state index in [-0.39, 0.29) is 23.8 Å². The molecule has 1 radical (unpaired) electrons. The minimum Gasteiger partial charge on any atom is -0.494 e. The lowest BCUT2D eigenvalue weighted by Gasteiger charge is -2.17. The lowest BCUT2D eigenvalue weighted by molar-refractivity contribution is -0.121. The van der Waals surface area contributed by atoms with Crippen LogP contribution < -0.4 is 15.8 Å². The van der Waals surface area contributed by atoms with Crippen molar-refractivity contribution in [2.45, 2.75) is 38.8 Å². The fourth-order valence-electron chi connectivity index (χ4n) is 3.27. The van der Waals surface area contributed by atoms with Gasteiger partial charge < -0.3 is 20.7 Å². The predicted molar refractivity (Wildman–Crippen MR) is 114 cm³/mol. The van der Waals surface area contributed by atoms with Gasteiger partial charge in [-0.1, -0.05) is 19.1 Å². The summed E-state index contributed by atoms with van der Waals surface area (Å²) in [5, 5.41) is 3.02. The number of primary amides is 1. The number of carbonyl (C=O) groups is 2. The Morgan fingerprint density at radius 3 is 2.72 bits per heavy atom. The number of nitrogens with two attached hydrogens (primary N) is 1. The predicted octanol–water partition coefficient (Wildman–Crippen LogP) is 1.42. The molecule has 7 nitrogen and oxygen atoms in total. The molecule has 1 aliphatic heterocycles. The third-order valence-corrected chi connectivity index (χ3v) is 5.11. The highest BCUT2D eigenvalue weighted by Crippen LogP contribution is 2.17. The zero-order chi connectivity index (χ0) is 21.2. The van der Waals surface area contributed by atoms with Crippen LogP contribution in [0.2, 0.25) is 0 Å². The Bertz CT molecular complexity index is 648. The molecule has 1 fully saturated rings. The molecular weight excluding hydrogens is 368 g/mol. The Hall–Kier alpha value is -2.12. The van der Waals surface area contributed by atoms with Gasteiger partial charge in [-0.3, -0.25) is 14.5 Å². The second-order valence-corrected chi connectivity index (χ2v) is 8.12. The van der Waals surface area contributed by atoms with Crippen LogP contribution in [0.25, 0.3) is 0 Å². The molecule has 1 aromatic carbocycles. The number of amides is 2. The molecule has 2 amide bonds. The number of nitrogens with one attached hydrogen (secondary N) is 1. The topological polar surface area (TPSA) is 87.9 Å². The van der Waals surface area contributed by atoms with Gasteiger partial charge in [-0.2, -0.15) is 0 Å². The van der Waals surface area contributed by atoms with Crippen molar-refractivity contribution in [3.63, 3.8) is 0 Å². The molecule has 3 N–H and O–H groups in total. The summed E-state index contributed by atoms with van der Waals surface area (Å²) in [7, 11) is 4.12. The van der Waals surface area contributed by atoms with E-state index in [0.29, 0.717) is 6.42 Å². The number of likely N-dealkylation sites (tertiary alicyclic amines) is 1. The second kappa shape index (κ2) is 11.8. The smallest absolute Gasteiger partial charge is 0.224 e. The molecule has 0 spiro atoms. The van der Waals surface area contributed by atoms with E-state index < -0.39 is 0 Å². The van der Waals surface area contributed by atoms with Gasteiger partial charge in [0.2, 0.25) is 11.8 Å². The number of ether oxygens (including phenoxy) is 1. The van der Waals surface area contributed by atoms with Crippen LogP contribution in [0.4, 0.5) is 0 Å². The maximum atomic E-state index is 12.0. The van der Waals surface area contributed by atoms with E-state index in [1.165, 1.54) is 12.0 Å².